The summed E-state index contributed by atoms with van der Waals surface area (Å²) in [5.41, 5.74) is 4.06. The molecule has 0 spiro atoms. The lowest BCUT2D eigenvalue weighted by Crippen LogP contribution is -2.11. The average Bonchev–Trinajstić information content (AvgIpc) is 2.71. The maximum Gasteiger partial charge on any atom is 0.224 e. The van der Waals surface area contributed by atoms with Crippen molar-refractivity contribution in [2.75, 3.05) is 10.6 Å². The maximum atomic E-state index is 11.9. The molecule has 0 aliphatic rings. The molecule has 0 fully saturated rings. The van der Waals surface area contributed by atoms with Gasteiger partial charge in [0.05, 0.1) is 0 Å². The van der Waals surface area contributed by atoms with E-state index in [0.29, 0.717) is 12.8 Å². The molecule has 2 amide bonds. The van der Waals surface area contributed by atoms with Gasteiger partial charge in [-0.15, -0.1) is 0 Å². The van der Waals surface area contributed by atoms with Crippen LogP contribution >= 0.6 is 0 Å². The maximum absolute atomic E-state index is 11.9. The molecule has 0 heterocycles. The predicted molar refractivity (Wildman–Crippen MR) is 121 cm³/mol. The molecule has 0 aliphatic carbocycles. The minimum absolute atomic E-state index is 0.0820. The normalized spacial score (nSPS) is 10.6. The van der Waals surface area contributed by atoms with Crippen molar-refractivity contribution in [1.29, 1.82) is 0 Å². The van der Waals surface area contributed by atoms with Crippen molar-refractivity contribution in [2.45, 2.75) is 71.6 Å². The van der Waals surface area contributed by atoms with Crippen molar-refractivity contribution in [2.24, 2.45) is 0 Å². The zero-order valence-corrected chi connectivity index (χ0v) is 17.8. The molecule has 0 bridgehead atoms. The second-order valence-electron chi connectivity index (χ2n) is 7.58. The number of unbranched alkanes of at least 4 members (excludes halogenated alkanes) is 4. The zero-order chi connectivity index (χ0) is 20.9. The molecule has 2 N–H and O–H groups in total. The lowest BCUT2D eigenvalue weighted by molar-refractivity contribution is -0.117. The Kier molecular flexibility index (Phi) is 9.98. The highest BCUT2D eigenvalue weighted by atomic mass is 16.2. The van der Waals surface area contributed by atoms with E-state index in [-0.39, 0.29) is 11.8 Å². The largest absolute Gasteiger partial charge is 0.326 e. The van der Waals surface area contributed by atoms with Gasteiger partial charge in [-0.3, -0.25) is 9.59 Å². The third-order valence-corrected chi connectivity index (χ3v) is 4.90. The van der Waals surface area contributed by atoms with E-state index < -0.39 is 0 Å². The molecule has 0 aliphatic heterocycles. The summed E-state index contributed by atoms with van der Waals surface area (Å²) in [6.45, 7) is 4.27. The predicted octanol–water partition coefficient (Wildman–Crippen LogP) is 6.32. The van der Waals surface area contributed by atoms with Gasteiger partial charge in [0, 0.05) is 24.2 Å². The van der Waals surface area contributed by atoms with Crippen LogP contribution in [0, 0.1) is 0 Å². The van der Waals surface area contributed by atoms with Crippen molar-refractivity contribution in [3.05, 3.63) is 59.7 Å². The molecule has 0 saturated heterocycles. The van der Waals surface area contributed by atoms with Gasteiger partial charge < -0.3 is 10.6 Å². The molecule has 156 valence electrons. The number of hydrogen-bond acceptors (Lipinski definition) is 2. The first-order valence-electron chi connectivity index (χ1n) is 10.9. The Labute approximate surface area is 175 Å². The quantitative estimate of drug-likeness (QED) is 0.414. The fourth-order valence-corrected chi connectivity index (χ4v) is 3.17. The topological polar surface area (TPSA) is 58.2 Å². The van der Waals surface area contributed by atoms with E-state index >= 15 is 0 Å². The fraction of sp³-hybridized carbons (Fsp3) is 0.440. The van der Waals surface area contributed by atoms with Gasteiger partial charge in [-0.25, -0.2) is 0 Å². The van der Waals surface area contributed by atoms with Crippen molar-refractivity contribution in [3.63, 3.8) is 0 Å². The highest BCUT2D eigenvalue weighted by molar-refractivity contribution is 5.91. The molecule has 0 radical (unpaired) electrons. The molecule has 2 aromatic rings. The number of benzene rings is 2. The van der Waals surface area contributed by atoms with E-state index in [1.165, 1.54) is 11.1 Å². The van der Waals surface area contributed by atoms with Gasteiger partial charge in [0.15, 0.2) is 0 Å². The fourth-order valence-electron chi connectivity index (χ4n) is 3.17. The van der Waals surface area contributed by atoms with Crippen molar-refractivity contribution in [1.82, 2.24) is 0 Å². The first kappa shape index (κ1) is 22.7. The number of amides is 2. The van der Waals surface area contributed by atoms with Gasteiger partial charge in [0.25, 0.3) is 0 Å². The van der Waals surface area contributed by atoms with Gasteiger partial charge in [-0.05, 0) is 54.7 Å². The van der Waals surface area contributed by atoms with Gasteiger partial charge in [-0.2, -0.15) is 0 Å². The summed E-state index contributed by atoms with van der Waals surface area (Å²) in [7, 11) is 0. The van der Waals surface area contributed by atoms with Crippen LogP contribution in [0.4, 0.5) is 11.4 Å². The summed E-state index contributed by atoms with van der Waals surface area (Å²) in [5, 5.41) is 5.91. The van der Waals surface area contributed by atoms with Crippen LogP contribution < -0.4 is 10.6 Å². The molecule has 4 nitrogen and oxygen atoms in total. The minimum atomic E-state index is 0.0820. The van der Waals surface area contributed by atoms with Crippen molar-refractivity contribution in [3.8, 4) is 0 Å². The number of carbonyl (C=O) groups is 2. The molecular weight excluding hydrogens is 360 g/mol. The molecule has 0 aromatic heterocycles. The summed E-state index contributed by atoms with van der Waals surface area (Å²) in [4.78, 5) is 23.8. The number of hydrogen-bond donors (Lipinski definition) is 2. The highest BCUT2D eigenvalue weighted by Gasteiger charge is 2.04. The molecule has 0 atom stereocenters. The van der Waals surface area contributed by atoms with Crippen LogP contribution in [0.15, 0.2) is 48.5 Å². The number of carbonyl (C=O) groups excluding carboxylic acids is 2. The van der Waals surface area contributed by atoms with Crippen LogP contribution in [-0.2, 0) is 16.0 Å². The van der Waals surface area contributed by atoms with E-state index in [1.807, 2.05) is 48.5 Å². The van der Waals surface area contributed by atoms with Gasteiger partial charge in [-0.1, -0.05) is 63.8 Å². The second kappa shape index (κ2) is 12.8. The Morgan fingerprint density at radius 2 is 1.00 bits per heavy atom. The smallest absolute Gasteiger partial charge is 0.224 e. The summed E-state index contributed by atoms with van der Waals surface area (Å²) >= 11 is 0. The van der Waals surface area contributed by atoms with Crippen molar-refractivity contribution < 1.29 is 9.59 Å². The Morgan fingerprint density at radius 1 is 0.621 bits per heavy atom. The van der Waals surface area contributed by atoms with E-state index in [2.05, 4.69) is 24.5 Å². The summed E-state index contributed by atoms with van der Waals surface area (Å²) in [6, 6.07) is 16.0. The number of nitrogens with one attached hydrogen (secondary N) is 2. The van der Waals surface area contributed by atoms with Gasteiger partial charge in [0.2, 0.25) is 11.8 Å². The van der Waals surface area contributed by atoms with Crippen LogP contribution in [0.3, 0.4) is 0 Å². The third kappa shape index (κ3) is 8.95. The minimum Gasteiger partial charge on any atom is -0.326 e. The van der Waals surface area contributed by atoms with Crippen LogP contribution in [0.25, 0.3) is 0 Å². The summed E-state index contributed by atoms with van der Waals surface area (Å²) in [6.07, 6.45) is 8.28. The van der Waals surface area contributed by atoms with Crippen LogP contribution in [0.2, 0.25) is 0 Å². The molecular formula is C25H34N2O2. The summed E-state index contributed by atoms with van der Waals surface area (Å²) < 4.78 is 0. The Balaban J connectivity index is 1.80. The summed E-state index contributed by atoms with van der Waals surface area (Å²) in [5.74, 6) is 0.164. The molecule has 2 rings (SSSR count). The van der Waals surface area contributed by atoms with Gasteiger partial charge in [0.1, 0.15) is 0 Å². The SMILES string of the molecule is CCCCCC(=O)Nc1ccc(Cc2ccc(NC(=O)CCCCC)cc2)cc1. The van der Waals surface area contributed by atoms with Crippen molar-refractivity contribution >= 4 is 23.2 Å². The second-order valence-corrected chi connectivity index (χ2v) is 7.58. The Bertz CT molecular complexity index is 686. The lowest BCUT2D eigenvalue weighted by atomic mass is 10.0. The number of anilines is 2. The first-order valence-corrected chi connectivity index (χ1v) is 10.9. The molecule has 2 aromatic carbocycles. The lowest BCUT2D eigenvalue weighted by Gasteiger charge is -2.08. The molecule has 0 unspecified atom stereocenters. The average molecular weight is 395 g/mol. The Morgan fingerprint density at radius 3 is 1.34 bits per heavy atom. The van der Waals surface area contributed by atoms with E-state index in [0.717, 1.165) is 56.3 Å². The van der Waals surface area contributed by atoms with Gasteiger partial charge >= 0.3 is 0 Å². The highest BCUT2D eigenvalue weighted by Crippen LogP contribution is 2.17. The first-order chi connectivity index (χ1) is 14.1. The van der Waals surface area contributed by atoms with Crippen LogP contribution in [0.5, 0.6) is 0 Å². The van der Waals surface area contributed by atoms with E-state index in [9.17, 15) is 9.59 Å². The number of rotatable bonds is 12. The standard InChI is InChI=1S/C25H34N2O2/c1-3-5-7-9-24(28)26-22-15-11-20(12-16-22)19-21-13-17-23(18-14-21)27-25(29)10-8-6-4-2/h11-18H,3-10,19H2,1-2H3,(H,26,28)(H,27,29). The van der Waals surface area contributed by atoms with Crippen LogP contribution in [-0.4, -0.2) is 11.8 Å². The Hall–Kier alpha value is -2.62. The third-order valence-electron chi connectivity index (χ3n) is 4.90. The molecule has 29 heavy (non-hydrogen) atoms. The van der Waals surface area contributed by atoms with E-state index in [1.54, 1.807) is 0 Å². The van der Waals surface area contributed by atoms with Crippen LogP contribution in [0.1, 0.15) is 76.3 Å². The molecule has 0 saturated carbocycles. The van der Waals surface area contributed by atoms with E-state index in [4.69, 9.17) is 0 Å². The molecule has 4 heteroatoms. The monoisotopic (exact) mass is 394 g/mol. The zero-order valence-electron chi connectivity index (χ0n) is 17.8.